The molecule has 6 nitrogen and oxygen atoms in total. The average molecular weight is 507 g/mol. The Kier molecular flexibility index (Phi) is 7.81. The predicted octanol–water partition coefficient (Wildman–Crippen LogP) is 4.67. The molecule has 0 bridgehead atoms. The maximum Gasteiger partial charge on any atom is 0.264 e. The number of rotatable bonds is 8. The zero-order chi connectivity index (χ0) is 25.8. The van der Waals surface area contributed by atoms with Crippen LogP contribution in [0, 0.1) is 20.8 Å². The summed E-state index contributed by atoms with van der Waals surface area (Å²) in [4.78, 5) is 13.5. The summed E-state index contributed by atoms with van der Waals surface area (Å²) in [5.41, 5.74) is 4.20. The van der Waals surface area contributed by atoms with Gasteiger partial charge in [-0.3, -0.25) is 9.10 Å². The molecule has 36 heavy (non-hydrogen) atoms. The molecular formula is C29H34N2O4S. The van der Waals surface area contributed by atoms with Crippen molar-refractivity contribution >= 4 is 21.6 Å². The Morgan fingerprint density at radius 2 is 1.56 bits per heavy atom. The minimum absolute atomic E-state index is 0.158. The van der Waals surface area contributed by atoms with E-state index in [0.29, 0.717) is 25.4 Å². The SMILES string of the molecule is Cc1ccc(S(=O)(=O)N(CC(=O)NCC2(c3ccccc3)CCOCC2)c2ccc(C)cc2C)cc1. The van der Waals surface area contributed by atoms with Crippen molar-refractivity contribution in [3.05, 3.63) is 95.1 Å². The second-order valence-electron chi connectivity index (χ2n) is 9.65. The van der Waals surface area contributed by atoms with Gasteiger partial charge in [-0.2, -0.15) is 0 Å². The summed E-state index contributed by atoms with van der Waals surface area (Å²) >= 11 is 0. The van der Waals surface area contributed by atoms with Crippen molar-refractivity contribution in [2.24, 2.45) is 0 Å². The van der Waals surface area contributed by atoms with Gasteiger partial charge >= 0.3 is 0 Å². The smallest absolute Gasteiger partial charge is 0.264 e. The van der Waals surface area contributed by atoms with Crippen molar-refractivity contribution in [3.63, 3.8) is 0 Å². The highest BCUT2D eigenvalue weighted by atomic mass is 32.2. The molecule has 0 aromatic heterocycles. The number of benzene rings is 3. The zero-order valence-electron chi connectivity index (χ0n) is 21.2. The van der Waals surface area contributed by atoms with Gasteiger partial charge in [-0.25, -0.2) is 8.42 Å². The molecular weight excluding hydrogens is 472 g/mol. The number of anilines is 1. The lowest BCUT2D eigenvalue weighted by Gasteiger charge is -2.38. The van der Waals surface area contributed by atoms with Crippen LogP contribution >= 0.6 is 0 Å². The van der Waals surface area contributed by atoms with Crippen LogP contribution in [0.2, 0.25) is 0 Å². The van der Waals surface area contributed by atoms with E-state index in [4.69, 9.17) is 4.74 Å². The van der Waals surface area contributed by atoms with Crippen molar-refractivity contribution < 1.29 is 17.9 Å². The molecule has 1 N–H and O–H groups in total. The molecule has 1 aliphatic rings. The topological polar surface area (TPSA) is 75.7 Å². The van der Waals surface area contributed by atoms with Crippen LogP contribution < -0.4 is 9.62 Å². The number of ether oxygens (including phenoxy) is 1. The van der Waals surface area contributed by atoms with E-state index in [0.717, 1.165) is 35.1 Å². The van der Waals surface area contributed by atoms with E-state index in [1.165, 1.54) is 4.31 Å². The standard InChI is InChI=1S/C29H34N2O4S/c1-22-9-12-26(13-10-22)36(33,34)31(27-14-11-23(2)19-24(27)3)20-28(32)30-21-29(15-17-35-18-16-29)25-7-5-4-6-8-25/h4-14,19H,15-18,20-21H2,1-3H3,(H,30,32). The maximum atomic E-state index is 13.7. The van der Waals surface area contributed by atoms with Crippen LogP contribution in [0.25, 0.3) is 0 Å². The van der Waals surface area contributed by atoms with Crippen LogP contribution in [-0.4, -0.2) is 40.6 Å². The average Bonchev–Trinajstić information content (AvgIpc) is 2.88. The van der Waals surface area contributed by atoms with E-state index >= 15 is 0 Å². The lowest BCUT2D eigenvalue weighted by atomic mass is 9.74. The molecule has 190 valence electrons. The summed E-state index contributed by atoms with van der Waals surface area (Å²) in [5.74, 6) is -0.340. The lowest BCUT2D eigenvalue weighted by Crippen LogP contribution is -2.48. The molecule has 0 radical (unpaired) electrons. The molecule has 4 rings (SSSR count). The molecule has 1 fully saturated rings. The van der Waals surface area contributed by atoms with Gasteiger partial charge in [0.1, 0.15) is 6.54 Å². The summed E-state index contributed by atoms with van der Waals surface area (Å²) < 4.78 is 34.3. The number of carbonyl (C=O) groups excluding carboxylic acids is 1. The van der Waals surface area contributed by atoms with E-state index in [1.807, 2.05) is 51.1 Å². The highest BCUT2D eigenvalue weighted by molar-refractivity contribution is 7.92. The highest BCUT2D eigenvalue weighted by Gasteiger charge is 2.35. The molecule has 1 aliphatic heterocycles. The summed E-state index contributed by atoms with van der Waals surface area (Å²) in [6, 6.07) is 22.4. The van der Waals surface area contributed by atoms with Crippen molar-refractivity contribution in [2.75, 3.05) is 30.6 Å². The van der Waals surface area contributed by atoms with Gasteiger partial charge in [-0.1, -0.05) is 65.7 Å². The number of hydrogen-bond donors (Lipinski definition) is 1. The van der Waals surface area contributed by atoms with Gasteiger partial charge in [0, 0.05) is 25.2 Å². The Morgan fingerprint density at radius 1 is 0.917 bits per heavy atom. The first-order chi connectivity index (χ1) is 17.2. The molecule has 0 aliphatic carbocycles. The molecule has 3 aromatic rings. The van der Waals surface area contributed by atoms with Crippen LogP contribution in [0.4, 0.5) is 5.69 Å². The third-order valence-electron chi connectivity index (χ3n) is 6.98. The first-order valence-corrected chi connectivity index (χ1v) is 13.7. The Balaban J connectivity index is 1.61. The Hall–Kier alpha value is -3.16. The number of nitrogens with one attached hydrogen (secondary N) is 1. The van der Waals surface area contributed by atoms with E-state index < -0.39 is 10.0 Å². The largest absolute Gasteiger partial charge is 0.381 e. The zero-order valence-corrected chi connectivity index (χ0v) is 22.0. The minimum Gasteiger partial charge on any atom is -0.381 e. The Labute approximate surface area is 214 Å². The van der Waals surface area contributed by atoms with Crippen LogP contribution in [0.1, 0.15) is 35.1 Å². The highest BCUT2D eigenvalue weighted by Crippen LogP contribution is 2.34. The third kappa shape index (κ3) is 5.63. The molecule has 3 aromatic carbocycles. The van der Waals surface area contributed by atoms with E-state index in [2.05, 4.69) is 17.4 Å². The van der Waals surface area contributed by atoms with Crippen LogP contribution in [0.5, 0.6) is 0 Å². The van der Waals surface area contributed by atoms with E-state index in [9.17, 15) is 13.2 Å². The number of sulfonamides is 1. The second-order valence-corrected chi connectivity index (χ2v) is 11.5. The monoisotopic (exact) mass is 506 g/mol. The number of amides is 1. The maximum absolute atomic E-state index is 13.7. The summed E-state index contributed by atoms with van der Waals surface area (Å²) in [6.07, 6.45) is 1.58. The van der Waals surface area contributed by atoms with Crippen LogP contribution in [0.15, 0.2) is 77.7 Å². The fourth-order valence-electron chi connectivity index (χ4n) is 4.80. The van der Waals surface area contributed by atoms with Gasteiger partial charge in [0.25, 0.3) is 10.0 Å². The van der Waals surface area contributed by atoms with Gasteiger partial charge in [0.15, 0.2) is 0 Å². The number of carbonyl (C=O) groups is 1. The second kappa shape index (κ2) is 10.8. The van der Waals surface area contributed by atoms with Crippen LogP contribution in [-0.2, 0) is 25.0 Å². The van der Waals surface area contributed by atoms with Crippen molar-refractivity contribution in [1.29, 1.82) is 0 Å². The van der Waals surface area contributed by atoms with Crippen LogP contribution in [0.3, 0.4) is 0 Å². The molecule has 0 unspecified atom stereocenters. The molecule has 0 spiro atoms. The quantitative estimate of drug-likeness (QED) is 0.482. The Bertz CT molecular complexity index is 1300. The van der Waals surface area contributed by atoms with Gasteiger partial charge in [0.2, 0.25) is 5.91 Å². The molecule has 1 saturated heterocycles. The van der Waals surface area contributed by atoms with Crippen molar-refractivity contribution in [1.82, 2.24) is 5.32 Å². The number of hydrogen-bond acceptors (Lipinski definition) is 4. The third-order valence-corrected chi connectivity index (χ3v) is 8.75. The lowest BCUT2D eigenvalue weighted by molar-refractivity contribution is -0.120. The summed E-state index contributed by atoms with van der Waals surface area (Å²) in [7, 11) is -3.96. The molecule has 1 amide bonds. The fourth-order valence-corrected chi connectivity index (χ4v) is 6.28. The summed E-state index contributed by atoms with van der Waals surface area (Å²) in [5, 5.41) is 3.05. The predicted molar refractivity (Wildman–Crippen MR) is 143 cm³/mol. The fraction of sp³-hybridized carbons (Fsp3) is 0.345. The number of aryl methyl sites for hydroxylation is 3. The van der Waals surface area contributed by atoms with Gasteiger partial charge in [-0.05, 0) is 62.9 Å². The molecule has 0 atom stereocenters. The first-order valence-electron chi connectivity index (χ1n) is 12.3. The Morgan fingerprint density at radius 3 is 2.19 bits per heavy atom. The molecule has 0 saturated carbocycles. The van der Waals surface area contributed by atoms with E-state index in [-0.39, 0.29) is 22.8 Å². The first kappa shape index (κ1) is 25.9. The van der Waals surface area contributed by atoms with Crippen molar-refractivity contribution in [2.45, 2.75) is 43.9 Å². The van der Waals surface area contributed by atoms with E-state index in [1.54, 1.807) is 30.3 Å². The van der Waals surface area contributed by atoms with Gasteiger partial charge in [-0.15, -0.1) is 0 Å². The summed E-state index contributed by atoms with van der Waals surface area (Å²) in [6.45, 7) is 7.10. The van der Waals surface area contributed by atoms with Crippen molar-refractivity contribution in [3.8, 4) is 0 Å². The minimum atomic E-state index is -3.96. The van der Waals surface area contributed by atoms with Gasteiger partial charge in [0.05, 0.1) is 10.6 Å². The normalized spacial score (nSPS) is 15.3. The van der Waals surface area contributed by atoms with Gasteiger partial charge < -0.3 is 10.1 Å². The molecule has 7 heteroatoms. The number of nitrogens with zero attached hydrogens (tertiary/aromatic N) is 1. The molecule has 1 heterocycles.